The first-order chi connectivity index (χ1) is 10.3. The first-order valence-electron chi connectivity index (χ1n) is 8.23. The molecule has 1 aromatic heterocycles. The van der Waals surface area contributed by atoms with Crippen LogP contribution in [0.2, 0.25) is 0 Å². The lowest BCUT2D eigenvalue weighted by Crippen LogP contribution is -2.45. The van der Waals surface area contributed by atoms with E-state index in [0.29, 0.717) is 12.5 Å². The minimum absolute atomic E-state index is 0.282. The molecule has 1 amide bonds. The predicted octanol–water partition coefficient (Wildman–Crippen LogP) is 0.984. The Labute approximate surface area is 125 Å². The van der Waals surface area contributed by atoms with Gasteiger partial charge < -0.3 is 9.47 Å². The number of piperidine rings is 1. The van der Waals surface area contributed by atoms with Gasteiger partial charge in [-0.15, -0.1) is 10.2 Å². The second-order valence-electron chi connectivity index (χ2n) is 6.55. The number of hydrogen-bond acceptors (Lipinski definition) is 4. The summed E-state index contributed by atoms with van der Waals surface area (Å²) in [4.78, 5) is 16.6. The Morgan fingerprint density at radius 3 is 2.62 bits per heavy atom. The van der Waals surface area contributed by atoms with Crippen LogP contribution >= 0.6 is 0 Å². The lowest BCUT2D eigenvalue weighted by atomic mass is 10.1. The third-order valence-electron chi connectivity index (χ3n) is 4.87. The largest absolute Gasteiger partial charge is 0.342 e. The van der Waals surface area contributed by atoms with Crippen molar-refractivity contribution in [1.29, 1.82) is 0 Å². The molecule has 1 saturated heterocycles. The highest BCUT2D eigenvalue weighted by Crippen LogP contribution is 2.39. The maximum Gasteiger partial charge on any atom is 0.236 e. The molecule has 6 nitrogen and oxygen atoms in total. The summed E-state index contributed by atoms with van der Waals surface area (Å²) >= 11 is 0. The van der Waals surface area contributed by atoms with Gasteiger partial charge in [-0.25, -0.2) is 0 Å². The van der Waals surface area contributed by atoms with Gasteiger partial charge >= 0.3 is 0 Å². The van der Waals surface area contributed by atoms with Gasteiger partial charge in [0.2, 0.25) is 5.91 Å². The molecule has 21 heavy (non-hydrogen) atoms. The molecule has 0 spiro atoms. The molecule has 0 unspecified atom stereocenters. The predicted molar refractivity (Wildman–Crippen MR) is 77.7 cm³/mol. The van der Waals surface area contributed by atoms with Gasteiger partial charge in [0.05, 0.1) is 13.1 Å². The number of hydrogen-bond donors (Lipinski definition) is 0. The molecule has 1 aliphatic carbocycles. The smallest absolute Gasteiger partial charge is 0.236 e. The molecule has 0 aromatic carbocycles. The summed E-state index contributed by atoms with van der Waals surface area (Å²) in [5.41, 5.74) is 0. The molecule has 0 bridgehead atoms. The Morgan fingerprint density at radius 1 is 1.05 bits per heavy atom. The van der Waals surface area contributed by atoms with Gasteiger partial charge in [-0.2, -0.15) is 0 Å². The molecule has 0 atom stereocenters. The van der Waals surface area contributed by atoms with E-state index in [4.69, 9.17) is 0 Å². The summed E-state index contributed by atoms with van der Waals surface area (Å²) in [6.07, 6.45) is 6.10. The molecule has 4 rings (SSSR count). The monoisotopic (exact) mass is 289 g/mol. The van der Waals surface area contributed by atoms with E-state index >= 15 is 0 Å². The summed E-state index contributed by atoms with van der Waals surface area (Å²) < 4.78 is 2.28. The number of fused-ring (bicyclic) bond motifs is 1. The quantitative estimate of drug-likeness (QED) is 0.832. The van der Waals surface area contributed by atoms with Crippen LogP contribution in [-0.4, -0.2) is 56.7 Å². The van der Waals surface area contributed by atoms with Crippen molar-refractivity contribution < 1.29 is 4.79 Å². The highest BCUT2D eigenvalue weighted by molar-refractivity contribution is 5.78. The maximum atomic E-state index is 12.3. The van der Waals surface area contributed by atoms with Crippen molar-refractivity contribution in [2.45, 2.75) is 51.1 Å². The Morgan fingerprint density at radius 2 is 1.86 bits per heavy atom. The maximum absolute atomic E-state index is 12.3. The number of rotatable bonds is 3. The van der Waals surface area contributed by atoms with Crippen LogP contribution in [-0.2, 0) is 17.9 Å². The Kier molecular flexibility index (Phi) is 3.41. The van der Waals surface area contributed by atoms with Crippen LogP contribution in [0.5, 0.6) is 0 Å². The Hall–Kier alpha value is -1.43. The molecule has 2 aliphatic heterocycles. The van der Waals surface area contributed by atoms with Crippen molar-refractivity contribution in [2.24, 2.45) is 0 Å². The summed E-state index contributed by atoms with van der Waals surface area (Å²) in [6, 6.07) is 0. The van der Waals surface area contributed by atoms with Gasteiger partial charge in [-0.1, -0.05) is 0 Å². The van der Waals surface area contributed by atoms with Crippen molar-refractivity contribution in [3.8, 4) is 0 Å². The Bertz CT molecular complexity index is 530. The van der Waals surface area contributed by atoms with Crippen LogP contribution in [0.3, 0.4) is 0 Å². The summed E-state index contributed by atoms with van der Waals surface area (Å²) in [6.45, 7) is 5.04. The fourth-order valence-electron chi connectivity index (χ4n) is 3.44. The number of nitrogens with zero attached hydrogens (tertiary/aromatic N) is 5. The van der Waals surface area contributed by atoms with Crippen molar-refractivity contribution in [2.75, 3.05) is 26.2 Å². The number of carbonyl (C=O) groups excluding carboxylic acids is 1. The normalized spacial score (nSPS) is 23.1. The second-order valence-corrected chi connectivity index (χ2v) is 6.55. The zero-order valence-corrected chi connectivity index (χ0v) is 12.5. The van der Waals surface area contributed by atoms with E-state index < -0.39 is 0 Å². The van der Waals surface area contributed by atoms with Crippen LogP contribution < -0.4 is 0 Å². The molecule has 0 radical (unpaired) electrons. The fraction of sp³-hybridized carbons (Fsp3) is 0.800. The molecular weight excluding hydrogens is 266 g/mol. The van der Waals surface area contributed by atoms with Gasteiger partial charge in [0, 0.05) is 32.1 Å². The van der Waals surface area contributed by atoms with Crippen LogP contribution in [0.25, 0.3) is 0 Å². The van der Waals surface area contributed by atoms with E-state index in [-0.39, 0.29) is 5.91 Å². The summed E-state index contributed by atoms with van der Waals surface area (Å²) in [5.74, 6) is 3.14. The minimum Gasteiger partial charge on any atom is -0.342 e. The van der Waals surface area contributed by atoms with Crippen LogP contribution in [0, 0.1) is 0 Å². The van der Waals surface area contributed by atoms with Crippen LogP contribution in [0.15, 0.2) is 0 Å². The number of amides is 1. The number of likely N-dealkylation sites (tertiary alicyclic amines) is 1. The third kappa shape index (κ3) is 2.69. The highest BCUT2D eigenvalue weighted by atomic mass is 16.2. The molecule has 6 heteroatoms. The zero-order chi connectivity index (χ0) is 14.2. The second kappa shape index (κ2) is 5.40. The average molecular weight is 289 g/mol. The standard InChI is InChI=1S/C15H23N5O/c21-14(19-6-2-1-3-7-19)11-18-8-9-20-13(10-18)16-17-15(20)12-4-5-12/h12H,1-11H2. The SMILES string of the molecule is O=C(CN1CCn2c(nnc2C2CC2)C1)N1CCCCC1. The van der Waals surface area contributed by atoms with Crippen LogP contribution in [0.4, 0.5) is 0 Å². The lowest BCUT2D eigenvalue weighted by Gasteiger charge is -2.31. The third-order valence-corrected chi connectivity index (χ3v) is 4.87. The van der Waals surface area contributed by atoms with E-state index in [2.05, 4.69) is 19.7 Å². The summed E-state index contributed by atoms with van der Waals surface area (Å²) in [7, 11) is 0. The lowest BCUT2D eigenvalue weighted by molar-refractivity contribution is -0.133. The molecule has 1 aromatic rings. The van der Waals surface area contributed by atoms with Gasteiger partial charge in [-0.05, 0) is 32.1 Å². The number of aromatic nitrogens is 3. The first kappa shape index (κ1) is 13.2. The van der Waals surface area contributed by atoms with Crippen LogP contribution in [0.1, 0.15) is 49.7 Å². The summed E-state index contributed by atoms with van der Waals surface area (Å²) in [5, 5.41) is 8.69. The minimum atomic E-state index is 0.282. The van der Waals surface area contributed by atoms with Crippen molar-refractivity contribution in [3.05, 3.63) is 11.6 Å². The van der Waals surface area contributed by atoms with Crippen molar-refractivity contribution in [1.82, 2.24) is 24.6 Å². The van der Waals surface area contributed by atoms with Gasteiger partial charge in [0.15, 0.2) is 0 Å². The van der Waals surface area contributed by atoms with E-state index in [1.165, 1.54) is 25.1 Å². The van der Waals surface area contributed by atoms with Crippen molar-refractivity contribution in [3.63, 3.8) is 0 Å². The van der Waals surface area contributed by atoms with E-state index in [1.54, 1.807) is 0 Å². The van der Waals surface area contributed by atoms with Gasteiger partial charge in [0.25, 0.3) is 0 Å². The molecule has 1 saturated carbocycles. The molecule has 0 N–H and O–H groups in total. The molecule has 3 heterocycles. The van der Waals surface area contributed by atoms with Gasteiger partial charge in [-0.3, -0.25) is 9.69 Å². The zero-order valence-electron chi connectivity index (χ0n) is 12.5. The topological polar surface area (TPSA) is 54.3 Å². The van der Waals surface area contributed by atoms with Crippen molar-refractivity contribution >= 4 is 5.91 Å². The molecule has 114 valence electrons. The number of carbonyl (C=O) groups is 1. The van der Waals surface area contributed by atoms with E-state index in [9.17, 15) is 4.79 Å². The fourth-order valence-corrected chi connectivity index (χ4v) is 3.44. The van der Waals surface area contributed by atoms with E-state index in [1.807, 2.05) is 4.90 Å². The van der Waals surface area contributed by atoms with E-state index in [0.717, 1.165) is 51.4 Å². The average Bonchev–Trinajstić information content (AvgIpc) is 3.28. The Balaban J connectivity index is 1.38. The molecule has 2 fully saturated rings. The highest BCUT2D eigenvalue weighted by Gasteiger charge is 2.32. The first-order valence-corrected chi connectivity index (χ1v) is 8.23. The van der Waals surface area contributed by atoms with Gasteiger partial charge in [0.1, 0.15) is 11.6 Å². The molecular formula is C15H23N5O. The molecule has 3 aliphatic rings.